The summed E-state index contributed by atoms with van der Waals surface area (Å²) >= 11 is 0. The van der Waals surface area contributed by atoms with Gasteiger partial charge >= 0.3 is 6.01 Å². The number of phenolic OH excluding ortho intramolecular Hbond substituents is 1. The number of benzene rings is 3. The van der Waals surface area contributed by atoms with Crippen molar-refractivity contribution in [2.24, 2.45) is 0 Å². The van der Waals surface area contributed by atoms with Crippen LogP contribution in [0.15, 0.2) is 36.4 Å². The van der Waals surface area contributed by atoms with Gasteiger partial charge in [0.25, 0.3) is 0 Å². The summed E-state index contributed by atoms with van der Waals surface area (Å²) in [5, 5.41) is 21.6. The van der Waals surface area contributed by atoms with Crippen molar-refractivity contribution in [1.82, 2.24) is 14.9 Å². The van der Waals surface area contributed by atoms with Crippen molar-refractivity contribution in [2.75, 3.05) is 50.9 Å². The van der Waals surface area contributed by atoms with E-state index >= 15 is 8.78 Å². The topological polar surface area (TPSA) is 91.2 Å². The molecule has 0 spiro atoms. The molecule has 0 bridgehead atoms. The number of ether oxygens (including phenoxy) is 2. The molecule has 3 atom stereocenters. The highest BCUT2D eigenvalue weighted by atomic mass is 19.2. The number of aliphatic hydroxyl groups is 1. The number of alkyl halides is 1. The van der Waals surface area contributed by atoms with Gasteiger partial charge in [-0.2, -0.15) is 9.97 Å². The summed E-state index contributed by atoms with van der Waals surface area (Å²) in [7, 11) is 0. The van der Waals surface area contributed by atoms with Crippen molar-refractivity contribution in [2.45, 2.75) is 43.5 Å². The normalized spacial score (nSPS) is 26.0. The zero-order valence-electron chi connectivity index (χ0n) is 24.1. The van der Waals surface area contributed by atoms with E-state index in [2.05, 4.69) is 14.9 Å². The Bertz CT molecular complexity index is 1770. The molecule has 3 aromatic carbocycles. The standard InChI is InChI=1S/C32H32F4N4O4/c1-31(42)15-39(9-10-43-16-31)29-22-5-4-21(23-12-20(41)11-18-3-6-24(34)27(36)25(18)23)26(35)28(22)37-30(38-29)44-17-32-7-2-8-40(32)14-19(33)13-32/h3-6,11-12,19,41-42H,2,7-10,13-17H2,1H3/t19-,31?,32+/m1/s1. The molecule has 0 saturated carbocycles. The number of hydrogen-bond acceptors (Lipinski definition) is 8. The Labute approximate surface area is 250 Å². The highest BCUT2D eigenvalue weighted by Crippen LogP contribution is 2.42. The highest BCUT2D eigenvalue weighted by molar-refractivity contribution is 6.01. The summed E-state index contributed by atoms with van der Waals surface area (Å²) in [5.74, 6) is -3.08. The molecule has 3 aliphatic rings. The minimum Gasteiger partial charge on any atom is -0.508 e. The maximum absolute atomic E-state index is 16.6. The minimum atomic E-state index is -1.22. The number of rotatable bonds is 5. The molecule has 12 heteroatoms. The number of nitrogens with zero attached hydrogens (tertiary/aromatic N) is 4. The molecule has 3 saturated heterocycles. The van der Waals surface area contributed by atoms with Crippen LogP contribution in [-0.4, -0.2) is 88.4 Å². The fourth-order valence-corrected chi connectivity index (χ4v) is 7.06. The second-order valence-electron chi connectivity index (χ2n) is 12.4. The van der Waals surface area contributed by atoms with Crippen molar-refractivity contribution in [3.63, 3.8) is 0 Å². The first-order valence-corrected chi connectivity index (χ1v) is 14.7. The SMILES string of the molecule is CC1(O)COCCN(c2nc(OC[C@@]34CCCN3C[C@H](F)C4)nc3c(F)c(-c4cc(O)cc5ccc(F)c(F)c45)ccc23)C1. The van der Waals surface area contributed by atoms with Gasteiger partial charge < -0.3 is 24.6 Å². The lowest BCUT2D eigenvalue weighted by Gasteiger charge is -2.31. The third-order valence-electron chi connectivity index (χ3n) is 9.03. The van der Waals surface area contributed by atoms with Crippen LogP contribution < -0.4 is 9.64 Å². The van der Waals surface area contributed by atoms with E-state index in [1.807, 2.05) is 0 Å². The number of fused-ring (bicyclic) bond motifs is 3. The first-order valence-electron chi connectivity index (χ1n) is 14.7. The molecule has 7 rings (SSSR count). The number of halogens is 4. The third-order valence-corrected chi connectivity index (χ3v) is 9.03. The molecule has 44 heavy (non-hydrogen) atoms. The molecule has 1 aromatic heterocycles. The Kier molecular flexibility index (Phi) is 7.06. The Balaban J connectivity index is 1.38. The Morgan fingerprint density at radius 2 is 1.91 bits per heavy atom. The maximum atomic E-state index is 16.6. The number of aromatic nitrogens is 2. The summed E-state index contributed by atoms with van der Waals surface area (Å²) in [6, 6.07) is 7.56. The molecule has 0 aliphatic carbocycles. The molecule has 0 radical (unpaired) electrons. The zero-order chi connectivity index (χ0) is 30.8. The minimum absolute atomic E-state index is 0.0504. The van der Waals surface area contributed by atoms with Crippen LogP contribution in [0.1, 0.15) is 26.2 Å². The van der Waals surface area contributed by atoms with Gasteiger partial charge in [-0.3, -0.25) is 4.90 Å². The van der Waals surface area contributed by atoms with Gasteiger partial charge in [-0.05, 0) is 61.5 Å². The Morgan fingerprint density at radius 1 is 1.07 bits per heavy atom. The fourth-order valence-electron chi connectivity index (χ4n) is 7.06. The summed E-state index contributed by atoms with van der Waals surface area (Å²) in [5.41, 5.74) is -2.03. The largest absolute Gasteiger partial charge is 0.508 e. The second kappa shape index (κ2) is 10.7. The van der Waals surface area contributed by atoms with Crippen LogP contribution in [-0.2, 0) is 4.74 Å². The maximum Gasteiger partial charge on any atom is 0.319 e. The lowest BCUT2D eigenvalue weighted by molar-refractivity contribution is -0.0123. The molecule has 3 aliphatic heterocycles. The van der Waals surface area contributed by atoms with E-state index in [4.69, 9.17) is 9.47 Å². The first-order chi connectivity index (χ1) is 21.0. The first kappa shape index (κ1) is 29.0. The smallest absolute Gasteiger partial charge is 0.319 e. The van der Waals surface area contributed by atoms with Gasteiger partial charge in [0.2, 0.25) is 0 Å². The van der Waals surface area contributed by atoms with Crippen molar-refractivity contribution in [1.29, 1.82) is 0 Å². The van der Waals surface area contributed by atoms with Crippen LogP contribution in [0.4, 0.5) is 23.4 Å². The number of phenols is 1. The highest BCUT2D eigenvalue weighted by Gasteiger charge is 2.49. The average Bonchev–Trinajstić information content (AvgIpc) is 3.43. The van der Waals surface area contributed by atoms with E-state index in [9.17, 15) is 19.0 Å². The van der Waals surface area contributed by atoms with E-state index in [1.165, 1.54) is 24.3 Å². The molecular formula is C32H32F4N4O4. The van der Waals surface area contributed by atoms with Crippen molar-refractivity contribution >= 4 is 27.5 Å². The van der Waals surface area contributed by atoms with Gasteiger partial charge in [0.05, 0.1) is 25.3 Å². The molecule has 0 amide bonds. The van der Waals surface area contributed by atoms with Gasteiger partial charge in [-0.1, -0.05) is 12.1 Å². The van der Waals surface area contributed by atoms with Gasteiger partial charge in [-0.15, -0.1) is 0 Å². The van der Waals surface area contributed by atoms with Gasteiger partial charge in [0, 0.05) is 35.8 Å². The number of hydrogen-bond donors (Lipinski definition) is 2. The van der Waals surface area contributed by atoms with Gasteiger partial charge in [0.15, 0.2) is 17.5 Å². The van der Waals surface area contributed by atoms with Crippen molar-refractivity contribution < 1.29 is 37.2 Å². The molecule has 8 nitrogen and oxygen atoms in total. The molecule has 4 heterocycles. The van der Waals surface area contributed by atoms with Crippen molar-refractivity contribution in [3.8, 4) is 22.9 Å². The average molecular weight is 613 g/mol. The van der Waals surface area contributed by atoms with Crippen LogP contribution in [0.5, 0.6) is 11.8 Å². The zero-order valence-corrected chi connectivity index (χ0v) is 24.1. The summed E-state index contributed by atoms with van der Waals surface area (Å²) in [6.07, 6.45) is 1.03. The monoisotopic (exact) mass is 612 g/mol. The third kappa shape index (κ3) is 4.98. The number of aromatic hydroxyl groups is 1. The van der Waals surface area contributed by atoms with E-state index in [1.54, 1.807) is 17.9 Å². The van der Waals surface area contributed by atoms with E-state index in [0.29, 0.717) is 30.7 Å². The lowest BCUT2D eigenvalue weighted by Crippen LogP contribution is -2.44. The van der Waals surface area contributed by atoms with E-state index in [-0.39, 0.29) is 65.5 Å². The lowest BCUT2D eigenvalue weighted by atomic mass is 9.95. The van der Waals surface area contributed by atoms with Crippen molar-refractivity contribution in [3.05, 3.63) is 53.8 Å². The summed E-state index contributed by atoms with van der Waals surface area (Å²) in [6.45, 7) is 3.71. The second-order valence-corrected chi connectivity index (χ2v) is 12.4. The summed E-state index contributed by atoms with van der Waals surface area (Å²) < 4.78 is 72.1. The molecule has 2 N–H and O–H groups in total. The van der Waals surface area contributed by atoms with Crippen LogP contribution in [0.25, 0.3) is 32.8 Å². The van der Waals surface area contributed by atoms with E-state index < -0.39 is 34.8 Å². The van der Waals surface area contributed by atoms with Crippen LogP contribution in [0.3, 0.4) is 0 Å². The van der Waals surface area contributed by atoms with Gasteiger partial charge in [-0.25, -0.2) is 17.6 Å². The van der Waals surface area contributed by atoms with Gasteiger partial charge in [0.1, 0.15) is 35.5 Å². The summed E-state index contributed by atoms with van der Waals surface area (Å²) in [4.78, 5) is 13.0. The molecule has 3 fully saturated rings. The Morgan fingerprint density at radius 3 is 2.75 bits per heavy atom. The molecule has 1 unspecified atom stereocenters. The number of β-amino-alcohol motifs (C(OH)–C–C–N with tert-alkyl or cyclic N) is 1. The molecular weight excluding hydrogens is 580 g/mol. The quantitative estimate of drug-likeness (QED) is 0.301. The predicted octanol–water partition coefficient (Wildman–Crippen LogP) is 5.12. The van der Waals surface area contributed by atoms with Crippen LogP contribution in [0, 0.1) is 17.5 Å². The van der Waals surface area contributed by atoms with Crippen LogP contribution >= 0.6 is 0 Å². The van der Waals surface area contributed by atoms with Crippen LogP contribution in [0.2, 0.25) is 0 Å². The molecule has 232 valence electrons. The van der Waals surface area contributed by atoms with E-state index in [0.717, 1.165) is 25.5 Å². The Hall–Kier alpha value is -3.74. The molecule has 4 aromatic rings. The predicted molar refractivity (Wildman–Crippen MR) is 156 cm³/mol. The fraction of sp³-hybridized carbons (Fsp3) is 0.438. The number of anilines is 1.